The van der Waals surface area contributed by atoms with Gasteiger partial charge in [0, 0.05) is 31.0 Å². The van der Waals surface area contributed by atoms with Crippen molar-refractivity contribution in [3.8, 4) is 11.4 Å². The van der Waals surface area contributed by atoms with Crippen LogP contribution in [0, 0.1) is 13.8 Å². The molecule has 0 aliphatic rings. The van der Waals surface area contributed by atoms with Crippen LogP contribution in [0.4, 0.5) is 0 Å². The van der Waals surface area contributed by atoms with Gasteiger partial charge in [-0.1, -0.05) is 41.6 Å². The second-order valence-electron chi connectivity index (χ2n) is 8.44. The van der Waals surface area contributed by atoms with E-state index < -0.39 is 0 Å². The van der Waals surface area contributed by atoms with Crippen LogP contribution in [0.25, 0.3) is 16.6 Å². The maximum atomic E-state index is 13.7. The zero-order valence-corrected chi connectivity index (χ0v) is 21.6. The van der Waals surface area contributed by atoms with E-state index in [0.29, 0.717) is 52.0 Å². The van der Waals surface area contributed by atoms with Gasteiger partial charge in [0.2, 0.25) is 0 Å². The highest BCUT2D eigenvalue weighted by Crippen LogP contribution is 2.27. The van der Waals surface area contributed by atoms with Crippen LogP contribution < -0.4 is 15.6 Å². The van der Waals surface area contributed by atoms with Gasteiger partial charge in [-0.3, -0.25) is 14.2 Å². The first-order valence-corrected chi connectivity index (χ1v) is 12.6. The van der Waals surface area contributed by atoms with E-state index in [-0.39, 0.29) is 11.5 Å². The Hall–Kier alpha value is -3.62. The number of nitrogens with zero attached hydrogens (tertiary/aromatic N) is 2. The molecule has 8 heteroatoms. The number of thioether (sulfide) groups is 1. The topological polar surface area (TPSA) is 82.5 Å². The van der Waals surface area contributed by atoms with E-state index in [9.17, 15) is 9.59 Å². The standard InChI is InChI=1S/C28H29N3O4S/c1-18-8-9-19(2)21(14-18)17-36-28-30-25-15-20(26(32)29-12-13-34-3)10-11-24(25)27(33)31(28)22-6-5-7-23(16-22)35-4/h5-11,14-16H,12-13,17H2,1-4H3,(H,29,32). The van der Waals surface area contributed by atoms with Crippen molar-refractivity contribution in [2.45, 2.75) is 24.8 Å². The third kappa shape index (κ3) is 5.61. The second-order valence-corrected chi connectivity index (χ2v) is 9.38. The number of carbonyl (C=O) groups is 1. The quantitative estimate of drug-likeness (QED) is 0.203. The number of carbonyl (C=O) groups excluding carboxylic acids is 1. The molecule has 0 spiro atoms. The number of fused-ring (bicyclic) bond motifs is 1. The SMILES string of the molecule is COCCNC(=O)c1ccc2c(=O)n(-c3cccc(OC)c3)c(SCc3cc(C)ccc3C)nc2c1. The van der Waals surface area contributed by atoms with E-state index in [1.807, 2.05) is 24.3 Å². The molecule has 1 amide bonds. The molecule has 3 aromatic carbocycles. The number of aryl methyl sites for hydroxylation is 2. The van der Waals surface area contributed by atoms with Crippen molar-refractivity contribution in [2.24, 2.45) is 0 Å². The monoisotopic (exact) mass is 503 g/mol. The summed E-state index contributed by atoms with van der Waals surface area (Å²) in [6.45, 7) is 4.96. The van der Waals surface area contributed by atoms with Crippen molar-refractivity contribution in [1.82, 2.24) is 14.9 Å². The lowest BCUT2D eigenvalue weighted by molar-refractivity contribution is 0.0937. The van der Waals surface area contributed by atoms with Gasteiger partial charge in [-0.05, 0) is 55.3 Å². The molecule has 4 aromatic rings. The fourth-order valence-electron chi connectivity index (χ4n) is 3.85. The Morgan fingerprint density at radius 1 is 1.06 bits per heavy atom. The summed E-state index contributed by atoms with van der Waals surface area (Å²) in [6.07, 6.45) is 0. The molecule has 36 heavy (non-hydrogen) atoms. The summed E-state index contributed by atoms with van der Waals surface area (Å²) >= 11 is 1.49. The van der Waals surface area contributed by atoms with Crippen LogP contribution in [-0.2, 0) is 10.5 Å². The summed E-state index contributed by atoms with van der Waals surface area (Å²) in [5.74, 6) is 1.05. The Bertz CT molecular complexity index is 1470. The second kappa shape index (κ2) is 11.4. The molecule has 1 heterocycles. The molecular formula is C28H29N3O4S. The third-order valence-corrected chi connectivity index (χ3v) is 6.85. The first-order chi connectivity index (χ1) is 17.4. The Morgan fingerprint density at radius 3 is 2.67 bits per heavy atom. The van der Waals surface area contributed by atoms with E-state index in [2.05, 4.69) is 37.4 Å². The Balaban J connectivity index is 1.81. The normalized spacial score (nSPS) is 11.0. The molecule has 1 aromatic heterocycles. The van der Waals surface area contributed by atoms with Gasteiger partial charge >= 0.3 is 0 Å². The molecule has 0 saturated carbocycles. The van der Waals surface area contributed by atoms with Crippen molar-refractivity contribution in [3.63, 3.8) is 0 Å². The molecule has 0 bridgehead atoms. The predicted octanol–water partition coefficient (Wildman–Crippen LogP) is 4.68. The van der Waals surface area contributed by atoms with Gasteiger partial charge in [0.15, 0.2) is 5.16 Å². The van der Waals surface area contributed by atoms with E-state index in [0.717, 1.165) is 0 Å². The van der Waals surface area contributed by atoms with E-state index in [4.69, 9.17) is 14.5 Å². The average molecular weight is 504 g/mol. The molecule has 0 fully saturated rings. The average Bonchev–Trinajstić information content (AvgIpc) is 2.89. The summed E-state index contributed by atoms with van der Waals surface area (Å²) in [6, 6.07) is 18.7. The van der Waals surface area contributed by atoms with Gasteiger partial charge in [-0.15, -0.1) is 0 Å². The maximum Gasteiger partial charge on any atom is 0.266 e. The number of hydrogen-bond acceptors (Lipinski definition) is 6. The van der Waals surface area contributed by atoms with E-state index in [1.54, 1.807) is 37.0 Å². The molecule has 0 aliphatic carbocycles. The fourth-order valence-corrected chi connectivity index (χ4v) is 4.92. The number of rotatable bonds is 9. The summed E-state index contributed by atoms with van der Waals surface area (Å²) in [5.41, 5.74) is 4.91. The Kier molecular flexibility index (Phi) is 8.07. The van der Waals surface area contributed by atoms with Gasteiger partial charge in [0.05, 0.1) is 30.3 Å². The molecule has 0 unspecified atom stereocenters. The van der Waals surface area contributed by atoms with Crippen LogP contribution in [0.5, 0.6) is 5.75 Å². The first kappa shape index (κ1) is 25.5. The van der Waals surface area contributed by atoms with Crippen LogP contribution in [0.1, 0.15) is 27.0 Å². The lowest BCUT2D eigenvalue weighted by Crippen LogP contribution is -2.27. The number of ether oxygens (including phenoxy) is 2. The summed E-state index contributed by atoms with van der Waals surface area (Å²) in [4.78, 5) is 31.2. The fraction of sp³-hybridized carbons (Fsp3) is 0.250. The Labute approximate surface area is 214 Å². The minimum atomic E-state index is -0.239. The van der Waals surface area contributed by atoms with Crippen LogP contribution in [-0.4, -0.2) is 42.8 Å². The van der Waals surface area contributed by atoms with Gasteiger partial charge in [-0.2, -0.15) is 0 Å². The molecule has 1 N–H and O–H groups in total. The minimum Gasteiger partial charge on any atom is -0.497 e. The third-order valence-electron chi connectivity index (χ3n) is 5.87. The first-order valence-electron chi connectivity index (χ1n) is 11.6. The van der Waals surface area contributed by atoms with Crippen LogP contribution in [0.3, 0.4) is 0 Å². The number of methoxy groups -OCH3 is 2. The van der Waals surface area contributed by atoms with Crippen molar-refractivity contribution in [1.29, 1.82) is 0 Å². The molecule has 0 saturated heterocycles. The molecule has 4 rings (SSSR count). The summed E-state index contributed by atoms with van der Waals surface area (Å²) in [7, 11) is 3.17. The maximum absolute atomic E-state index is 13.7. The van der Waals surface area contributed by atoms with Crippen molar-refractivity contribution in [3.05, 3.63) is 93.3 Å². The number of benzene rings is 3. The number of amides is 1. The van der Waals surface area contributed by atoms with Crippen LogP contribution >= 0.6 is 11.8 Å². The summed E-state index contributed by atoms with van der Waals surface area (Å²) in [5, 5.41) is 3.78. The zero-order chi connectivity index (χ0) is 25.7. The minimum absolute atomic E-state index is 0.206. The van der Waals surface area contributed by atoms with Gasteiger partial charge in [0.25, 0.3) is 11.5 Å². The van der Waals surface area contributed by atoms with E-state index in [1.165, 1.54) is 28.5 Å². The molecule has 0 atom stereocenters. The van der Waals surface area contributed by atoms with Crippen LogP contribution in [0.2, 0.25) is 0 Å². The van der Waals surface area contributed by atoms with E-state index >= 15 is 0 Å². The molecule has 0 radical (unpaired) electrons. The number of nitrogens with one attached hydrogen (secondary N) is 1. The lowest BCUT2D eigenvalue weighted by Gasteiger charge is -2.15. The van der Waals surface area contributed by atoms with Crippen molar-refractivity contribution < 1.29 is 14.3 Å². The van der Waals surface area contributed by atoms with Gasteiger partial charge < -0.3 is 14.8 Å². The number of hydrogen-bond donors (Lipinski definition) is 1. The highest BCUT2D eigenvalue weighted by atomic mass is 32.2. The number of aromatic nitrogens is 2. The van der Waals surface area contributed by atoms with Gasteiger partial charge in [-0.25, -0.2) is 4.98 Å². The van der Waals surface area contributed by atoms with Crippen LogP contribution in [0.15, 0.2) is 70.6 Å². The molecule has 7 nitrogen and oxygen atoms in total. The highest BCUT2D eigenvalue weighted by molar-refractivity contribution is 7.98. The predicted molar refractivity (Wildman–Crippen MR) is 144 cm³/mol. The largest absolute Gasteiger partial charge is 0.497 e. The molecule has 0 aliphatic heterocycles. The lowest BCUT2D eigenvalue weighted by atomic mass is 10.1. The Morgan fingerprint density at radius 2 is 1.89 bits per heavy atom. The zero-order valence-electron chi connectivity index (χ0n) is 20.8. The van der Waals surface area contributed by atoms with Crippen molar-refractivity contribution in [2.75, 3.05) is 27.4 Å². The van der Waals surface area contributed by atoms with Crippen molar-refractivity contribution >= 4 is 28.6 Å². The summed E-state index contributed by atoms with van der Waals surface area (Å²) < 4.78 is 12.0. The smallest absolute Gasteiger partial charge is 0.266 e. The molecular weight excluding hydrogens is 474 g/mol. The van der Waals surface area contributed by atoms with Gasteiger partial charge in [0.1, 0.15) is 5.75 Å². The highest BCUT2D eigenvalue weighted by Gasteiger charge is 2.16. The molecule has 186 valence electrons.